The molecule has 1 unspecified atom stereocenters. The van der Waals surface area contributed by atoms with Crippen molar-refractivity contribution in [1.29, 1.82) is 0 Å². The molecule has 0 spiro atoms. The molecule has 0 aliphatic rings. The van der Waals surface area contributed by atoms with Crippen LogP contribution in [0.2, 0.25) is 0 Å². The summed E-state index contributed by atoms with van der Waals surface area (Å²) < 4.78 is 75.3. The van der Waals surface area contributed by atoms with Gasteiger partial charge in [0.15, 0.2) is 11.4 Å². The molecule has 0 fully saturated rings. The van der Waals surface area contributed by atoms with Crippen LogP contribution in [0.15, 0.2) is 65.1 Å². The molecule has 0 N–H and O–H groups in total. The molecule has 0 aliphatic carbocycles. The van der Waals surface area contributed by atoms with Crippen molar-refractivity contribution >= 4 is 27.6 Å². The minimum absolute atomic E-state index is 0.227. The monoisotopic (exact) mass is 453 g/mol. The Hall–Kier alpha value is -3.90. The molecule has 2 aromatic heterocycles. The van der Waals surface area contributed by atoms with Crippen LogP contribution in [-0.2, 0) is 7.05 Å². The summed E-state index contributed by atoms with van der Waals surface area (Å²) in [5.41, 5.74) is 4.14. The van der Waals surface area contributed by atoms with Crippen LogP contribution >= 0.6 is 0 Å². The molecule has 0 radical (unpaired) electrons. The second-order valence-electron chi connectivity index (χ2n) is 8.57. The minimum atomic E-state index is -2.91. The molecule has 0 saturated carbocycles. The smallest absolute Gasteiger partial charge is 0.216 e. The second-order valence-corrected chi connectivity index (χ2v) is 8.57. The van der Waals surface area contributed by atoms with Gasteiger partial charge in [-0.25, -0.2) is 4.85 Å². The standard InChI is InChI=1S/C31H29N2O/c1-18(2)24-17-27(33(7)21(5)20(24)4)29-19(3)15-25(22-11-9-8-10-12-22)30-26-16-23(32-6)13-14-28(26)34-31(29)30/h8-18H,1-5,7H3/q+1/i1D3,4D3,17D,18D. The molecular formula is C31H29N2O+. The number of hydrogen-bond acceptors (Lipinski definition) is 1. The van der Waals surface area contributed by atoms with E-state index in [2.05, 4.69) is 4.85 Å². The summed E-state index contributed by atoms with van der Waals surface area (Å²) in [6.45, 7) is 6.43. The number of aryl methyl sites for hydroxylation is 1. The highest BCUT2D eigenvalue weighted by Crippen LogP contribution is 2.44. The van der Waals surface area contributed by atoms with Crippen LogP contribution < -0.4 is 4.57 Å². The van der Waals surface area contributed by atoms with Gasteiger partial charge < -0.3 is 4.42 Å². The van der Waals surface area contributed by atoms with Crippen molar-refractivity contribution in [3.05, 3.63) is 94.4 Å². The van der Waals surface area contributed by atoms with Crippen molar-refractivity contribution in [2.24, 2.45) is 7.05 Å². The van der Waals surface area contributed by atoms with Gasteiger partial charge in [-0.2, -0.15) is 4.57 Å². The Balaban J connectivity index is 2.02. The van der Waals surface area contributed by atoms with Gasteiger partial charge in [-0.3, -0.25) is 0 Å². The molecule has 0 amide bonds. The van der Waals surface area contributed by atoms with Gasteiger partial charge in [-0.1, -0.05) is 50.2 Å². The zero-order valence-corrected chi connectivity index (χ0v) is 19.5. The van der Waals surface area contributed by atoms with Crippen LogP contribution in [0.25, 0.3) is 49.2 Å². The zero-order chi connectivity index (χ0) is 30.9. The molecule has 3 heteroatoms. The lowest BCUT2D eigenvalue weighted by molar-refractivity contribution is -0.667. The van der Waals surface area contributed by atoms with E-state index in [1.54, 1.807) is 36.7 Å². The van der Waals surface area contributed by atoms with Crippen molar-refractivity contribution in [3.8, 4) is 22.4 Å². The van der Waals surface area contributed by atoms with Gasteiger partial charge in [-0.05, 0) is 60.1 Å². The van der Waals surface area contributed by atoms with E-state index in [0.717, 1.165) is 18.1 Å². The minimum Gasteiger partial charge on any atom is -0.455 e. The predicted molar refractivity (Wildman–Crippen MR) is 140 cm³/mol. The van der Waals surface area contributed by atoms with Crippen LogP contribution in [-0.4, -0.2) is 0 Å². The maximum Gasteiger partial charge on any atom is 0.216 e. The Bertz CT molecular complexity index is 1930. The van der Waals surface area contributed by atoms with E-state index < -0.39 is 19.6 Å². The molecule has 5 rings (SSSR count). The number of aromatic nitrogens is 1. The summed E-state index contributed by atoms with van der Waals surface area (Å²) in [6.07, 6.45) is 0. The average Bonchev–Trinajstić information content (AvgIpc) is 3.28. The number of fused-ring (bicyclic) bond motifs is 3. The van der Waals surface area contributed by atoms with E-state index in [0.29, 0.717) is 38.8 Å². The van der Waals surface area contributed by atoms with Crippen molar-refractivity contribution in [2.75, 3.05) is 0 Å². The molecule has 0 bridgehead atoms. The van der Waals surface area contributed by atoms with Crippen molar-refractivity contribution in [3.63, 3.8) is 0 Å². The van der Waals surface area contributed by atoms with Gasteiger partial charge in [0.05, 0.1) is 13.5 Å². The van der Waals surface area contributed by atoms with Gasteiger partial charge in [0.25, 0.3) is 0 Å². The van der Waals surface area contributed by atoms with E-state index in [1.807, 2.05) is 43.3 Å². The van der Waals surface area contributed by atoms with Crippen molar-refractivity contribution in [1.82, 2.24) is 0 Å². The molecule has 1 atom stereocenters. The van der Waals surface area contributed by atoms with E-state index in [-0.39, 0.29) is 28.6 Å². The van der Waals surface area contributed by atoms with Gasteiger partial charge in [0, 0.05) is 38.9 Å². The number of nitrogens with zero attached hydrogens (tertiary/aromatic N) is 2. The van der Waals surface area contributed by atoms with E-state index >= 15 is 0 Å². The highest BCUT2D eigenvalue weighted by Gasteiger charge is 2.27. The van der Waals surface area contributed by atoms with Gasteiger partial charge in [-0.15, -0.1) is 0 Å². The lowest BCUT2D eigenvalue weighted by Gasteiger charge is -2.16. The normalized spacial score (nSPS) is 17.4. The predicted octanol–water partition coefficient (Wildman–Crippen LogP) is 8.34. The molecular weight excluding hydrogens is 416 g/mol. The first kappa shape index (κ1) is 14.4. The van der Waals surface area contributed by atoms with Gasteiger partial charge in [0.1, 0.15) is 18.2 Å². The highest BCUT2D eigenvalue weighted by atomic mass is 16.3. The number of rotatable bonds is 3. The fourth-order valence-corrected chi connectivity index (χ4v) is 4.57. The second kappa shape index (κ2) is 8.15. The van der Waals surface area contributed by atoms with Crippen molar-refractivity contribution < 1.29 is 20.0 Å². The number of benzene rings is 3. The summed E-state index contributed by atoms with van der Waals surface area (Å²) >= 11 is 0. The third-order valence-corrected chi connectivity index (χ3v) is 6.44. The molecule has 0 aliphatic heterocycles. The van der Waals surface area contributed by atoms with Crippen molar-refractivity contribution in [2.45, 2.75) is 40.4 Å². The Morgan fingerprint density at radius 1 is 1.15 bits per heavy atom. The number of furan rings is 1. The van der Waals surface area contributed by atoms with E-state index in [9.17, 15) is 1.37 Å². The Kier molecular flexibility index (Phi) is 3.45. The topological polar surface area (TPSA) is 21.4 Å². The van der Waals surface area contributed by atoms with E-state index in [1.165, 1.54) is 0 Å². The Morgan fingerprint density at radius 2 is 1.94 bits per heavy atom. The van der Waals surface area contributed by atoms with Crippen LogP contribution in [0.5, 0.6) is 0 Å². The van der Waals surface area contributed by atoms with Gasteiger partial charge >= 0.3 is 0 Å². The first-order chi connectivity index (χ1) is 19.5. The highest BCUT2D eigenvalue weighted by molar-refractivity contribution is 6.17. The Morgan fingerprint density at radius 3 is 2.65 bits per heavy atom. The van der Waals surface area contributed by atoms with Crippen LogP contribution in [0.4, 0.5) is 5.69 Å². The summed E-state index contributed by atoms with van der Waals surface area (Å²) in [6, 6.07) is 16.4. The number of pyridine rings is 1. The zero-order valence-electron chi connectivity index (χ0n) is 27.5. The third-order valence-electron chi connectivity index (χ3n) is 6.44. The molecule has 3 aromatic carbocycles. The first-order valence-electron chi connectivity index (χ1n) is 15.0. The molecule has 34 heavy (non-hydrogen) atoms. The quantitative estimate of drug-likeness (QED) is 0.199. The largest absolute Gasteiger partial charge is 0.455 e. The molecule has 2 heterocycles. The fraction of sp³-hybridized carbons (Fsp3) is 0.226. The summed E-state index contributed by atoms with van der Waals surface area (Å²) in [5.74, 6) is -2.39. The lowest BCUT2D eigenvalue weighted by Crippen LogP contribution is -2.36. The third kappa shape index (κ3) is 3.30. The Labute approximate surface area is 212 Å². The molecule has 3 nitrogen and oxygen atoms in total. The molecule has 168 valence electrons. The average molecular weight is 454 g/mol. The summed E-state index contributed by atoms with van der Waals surface area (Å²) in [5, 5.41) is 1.42. The maximum absolute atomic E-state index is 9.34. The van der Waals surface area contributed by atoms with Crippen LogP contribution in [0.1, 0.15) is 53.0 Å². The number of hydrogen-bond donors (Lipinski definition) is 0. The maximum atomic E-state index is 9.34. The van der Waals surface area contributed by atoms with Crippen LogP contribution in [0.3, 0.4) is 0 Å². The fourth-order valence-electron chi connectivity index (χ4n) is 4.57. The SMILES string of the molecule is [2H]c1c(C([2H])(C)C([2H])([2H])[2H])c(C([2H])([2H])[2H])c(C)[n+](C)c1-c1c(C)cc(-c2ccccc2)c2c1oc1ccc([N+]#[C-])cc12. The van der Waals surface area contributed by atoms with E-state index in [4.69, 9.17) is 20.6 Å². The van der Waals surface area contributed by atoms with Gasteiger partial charge in [0.2, 0.25) is 5.69 Å². The lowest BCUT2D eigenvalue weighted by atomic mass is 9.90. The van der Waals surface area contributed by atoms with Crippen LogP contribution in [0, 0.1) is 27.3 Å². The molecule has 0 saturated heterocycles. The molecule has 5 aromatic rings. The summed E-state index contributed by atoms with van der Waals surface area (Å²) in [4.78, 5) is 3.59. The summed E-state index contributed by atoms with van der Waals surface area (Å²) in [7, 11) is 1.63. The first-order valence-corrected chi connectivity index (χ1v) is 11.0.